The first-order chi connectivity index (χ1) is 44.7. The molecule has 0 saturated heterocycles. The number of aliphatic hydroxyl groups excluding tert-OH is 1. The normalized spacial score (nSPS) is 16.0. The van der Waals surface area contributed by atoms with E-state index < -0.39 is 77.8 Å². The van der Waals surface area contributed by atoms with Crippen LogP contribution in [-0.4, -0.2) is 127 Å². The van der Waals surface area contributed by atoms with Gasteiger partial charge in [-0.25, -0.2) is 49.8 Å². The first-order valence-corrected chi connectivity index (χ1v) is 36.0. The molecule has 4 atom stereocenters. The summed E-state index contributed by atoms with van der Waals surface area (Å²) in [5.41, 5.74) is 3.09. The Morgan fingerprint density at radius 3 is 2.26 bits per heavy atom. The number of benzene rings is 1. The number of carbonyl (C=O) groups excluding carboxylic acids is 7. The number of rotatable bonds is 14. The highest BCUT2D eigenvalue weighted by Crippen LogP contribution is 2.42. The molecule has 11 rings (SSSR count). The number of imidazole rings is 1. The lowest BCUT2D eigenvalue weighted by atomic mass is 10.0. The number of H-pyrrole nitrogens is 1. The molecule has 34 heteroatoms. The third-order valence-corrected chi connectivity index (χ3v) is 21.9. The highest BCUT2D eigenvalue weighted by Gasteiger charge is 2.33. The minimum Gasteiger partial charge on any atom is -0.460 e. The number of carbonyl (C=O) groups is 7. The van der Waals surface area contributed by atoms with E-state index in [4.69, 9.17) is 34.6 Å². The molecule has 1 aliphatic heterocycles. The van der Waals surface area contributed by atoms with E-state index in [0.717, 1.165) is 22.7 Å². The first-order valence-electron chi connectivity index (χ1n) is 28.5. The topological polar surface area (TPSA) is 366 Å². The monoisotopic (exact) mass is 1400 g/mol. The van der Waals surface area contributed by atoms with Crippen LogP contribution in [0.2, 0.25) is 0 Å². The zero-order valence-electron chi connectivity index (χ0n) is 50.4. The van der Waals surface area contributed by atoms with Gasteiger partial charge >= 0.3 is 5.97 Å². The van der Waals surface area contributed by atoms with Crippen LogP contribution in [0.15, 0.2) is 81.7 Å². The Labute approximate surface area is 562 Å². The minimum absolute atomic E-state index is 0.00877. The number of nitrogens with one attached hydrogen (secondary N) is 7. The second-order valence-corrected chi connectivity index (χ2v) is 30.1. The number of fused-ring (bicyclic) bond motifs is 15. The number of amides is 6. The molecule has 0 aliphatic carbocycles. The molecule has 4 unspecified atom stereocenters. The zero-order chi connectivity index (χ0) is 65.7. The first kappa shape index (κ1) is 66.1. The number of aromatic nitrogens is 11. The van der Waals surface area contributed by atoms with Gasteiger partial charge < -0.3 is 46.7 Å². The smallest absolute Gasteiger partial charge is 0.308 e. The van der Waals surface area contributed by atoms with Crippen molar-refractivity contribution < 1.29 is 43.4 Å². The van der Waals surface area contributed by atoms with Crippen molar-refractivity contribution in [1.29, 1.82) is 0 Å². The van der Waals surface area contributed by atoms with Crippen molar-refractivity contribution in [3.05, 3.63) is 130 Å². The van der Waals surface area contributed by atoms with Gasteiger partial charge in [0.25, 0.3) is 23.6 Å². The standard InChI is InChI=1S/C59H57N17O9S8/c1-26(2)40-58-76-43(36(92-58)23-90-93-56-45-47(64-24-63-45)65-25-66-56)50(83)62-18-38(78)73-44(46(80)28-11-9-8-10-12-28)57-72-35(22-89-57)54-69-32(19-87-54)42-29(13-14-30(67-42)53-71-33(20-88-53)48(81)61-16-15-39(79)85-59(4,5)6)52-70-34(21-86-52)49(82)68-31(17-37(77)60-7)55-75-41(27(3)91-55)51(84)74-40/h8-14,19-22,24-26,31,40,44,46,80H,15-18,23H2,1-7H3,(H,60,77)(H,61,81)(H,62,83)(H,68,82)(H,73,78)(H,74,84)(H,63,64,65,66). The summed E-state index contributed by atoms with van der Waals surface area (Å²) in [6, 6.07) is 9.34. The van der Waals surface area contributed by atoms with E-state index in [2.05, 4.69) is 56.8 Å². The van der Waals surface area contributed by atoms with Gasteiger partial charge in [0.05, 0.1) is 43.5 Å². The molecule has 0 spiro atoms. The molecular weight excluding hydrogens is 1350 g/mol. The Balaban J connectivity index is 0.953. The summed E-state index contributed by atoms with van der Waals surface area (Å²) in [7, 11) is 4.18. The second kappa shape index (κ2) is 28.9. The van der Waals surface area contributed by atoms with Crippen LogP contribution < -0.4 is 31.9 Å². The van der Waals surface area contributed by atoms with Crippen molar-refractivity contribution in [2.75, 3.05) is 20.1 Å². The van der Waals surface area contributed by atoms with E-state index in [-0.39, 0.29) is 58.8 Å². The van der Waals surface area contributed by atoms with Crippen LogP contribution in [0.3, 0.4) is 0 Å². The third-order valence-electron chi connectivity index (χ3n) is 13.8. The fraction of sp³-hybridized carbons (Fsp3) is 0.305. The van der Waals surface area contributed by atoms with Crippen molar-refractivity contribution in [3.63, 3.8) is 0 Å². The predicted molar refractivity (Wildman–Crippen MR) is 358 cm³/mol. The van der Waals surface area contributed by atoms with E-state index in [1.54, 1.807) is 91.7 Å². The second-order valence-electron chi connectivity index (χ2n) is 22.0. The molecule has 0 radical (unpaired) electrons. The molecule has 10 aromatic rings. The van der Waals surface area contributed by atoms with Gasteiger partial charge in [0.15, 0.2) is 5.65 Å². The third kappa shape index (κ3) is 15.7. The van der Waals surface area contributed by atoms with Crippen LogP contribution in [0, 0.1) is 12.8 Å². The van der Waals surface area contributed by atoms with Gasteiger partial charge in [-0.15, -0.1) is 68.0 Å². The molecule has 8 N–H and O–H groups in total. The summed E-state index contributed by atoms with van der Waals surface area (Å²) >= 11 is 7.12. The molecule has 10 heterocycles. The molecule has 9 aromatic heterocycles. The van der Waals surface area contributed by atoms with E-state index in [1.165, 1.54) is 86.6 Å². The van der Waals surface area contributed by atoms with Crippen LogP contribution in [0.25, 0.3) is 54.5 Å². The van der Waals surface area contributed by atoms with Gasteiger partial charge in [-0.3, -0.25) is 33.6 Å². The quantitative estimate of drug-likeness (QED) is 0.0285. The van der Waals surface area contributed by atoms with E-state index >= 15 is 0 Å². The average Bonchev–Trinajstić information content (AvgIpc) is 1.71. The Morgan fingerprint density at radius 2 is 1.47 bits per heavy atom. The summed E-state index contributed by atoms with van der Waals surface area (Å²) < 4.78 is 5.37. The van der Waals surface area contributed by atoms with Gasteiger partial charge in [-0.05, 0) is 62.1 Å². The van der Waals surface area contributed by atoms with Gasteiger partial charge in [0, 0.05) is 56.2 Å². The Bertz CT molecular complexity index is 4430. The van der Waals surface area contributed by atoms with Crippen molar-refractivity contribution in [2.24, 2.45) is 5.92 Å². The van der Waals surface area contributed by atoms with Crippen molar-refractivity contribution >= 4 is 142 Å². The Kier molecular flexibility index (Phi) is 20.5. The fourth-order valence-electron chi connectivity index (χ4n) is 9.26. The number of pyridine rings is 1. The van der Waals surface area contributed by atoms with Crippen LogP contribution >= 0.6 is 89.6 Å². The largest absolute Gasteiger partial charge is 0.460 e. The molecule has 1 aromatic carbocycles. The lowest BCUT2D eigenvalue weighted by Gasteiger charge is -2.23. The summed E-state index contributed by atoms with van der Waals surface area (Å²) in [6.07, 6.45) is 1.35. The fourth-order valence-corrected chi connectivity index (χ4v) is 17.2. The molecule has 6 amide bonds. The van der Waals surface area contributed by atoms with Gasteiger partial charge in [-0.1, -0.05) is 55.0 Å². The number of nitrogens with zero attached hydrogens (tertiary/aromatic N) is 10. The van der Waals surface area contributed by atoms with Gasteiger partial charge in [0.2, 0.25) is 11.8 Å². The van der Waals surface area contributed by atoms with Gasteiger partial charge in [-0.2, -0.15) is 0 Å². The number of esters is 1. The molecule has 1 aliphatic rings. The maximum Gasteiger partial charge on any atom is 0.308 e. The molecule has 10 bridgehead atoms. The number of aliphatic hydroxyl groups is 1. The maximum absolute atomic E-state index is 14.5. The SMILES string of the molecule is CNC(=O)CC1NC(=O)c2csc(n2)-c2ccc(-c3nc(C(=O)NCCC(=O)OC(C)(C)C)cs3)nc2-c2csc(n2)-c2csc(n2)C(C(O)c2ccccc2)NC(=O)CNC(=O)c2nc(sc2CSSc2ncnc3nc[nH]c23)C(C(C)C)NC(=O)c2nc1sc2C. The van der Waals surface area contributed by atoms with E-state index in [1.807, 2.05) is 13.8 Å². The minimum atomic E-state index is -1.31. The summed E-state index contributed by atoms with van der Waals surface area (Å²) in [6.45, 7) is 10.3. The number of hydrogen-bond acceptors (Lipinski definition) is 27. The maximum atomic E-state index is 14.5. The molecule has 480 valence electrons. The number of aromatic amines is 1. The van der Waals surface area contributed by atoms with Crippen LogP contribution in [0.5, 0.6) is 0 Å². The molecule has 26 nitrogen and oxygen atoms in total. The lowest BCUT2D eigenvalue weighted by Crippen LogP contribution is -2.40. The van der Waals surface area contributed by atoms with Crippen molar-refractivity contribution in [3.8, 4) is 43.4 Å². The van der Waals surface area contributed by atoms with Gasteiger partial charge in [0.1, 0.15) is 105 Å². The zero-order valence-corrected chi connectivity index (χ0v) is 56.9. The molecule has 0 saturated carbocycles. The summed E-state index contributed by atoms with van der Waals surface area (Å²) in [5.74, 6) is -3.94. The molecule has 93 heavy (non-hydrogen) atoms. The number of ether oxygens (including phenoxy) is 1. The molecular formula is C59H57N17O9S8. The number of thiazole rings is 6. The van der Waals surface area contributed by atoms with E-state index in [9.17, 15) is 38.7 Å². The Morgan fingerprint density at radius 1 is 0.731 bits per heavy atom. The number of hydrogen-bond donors (Lipinski definition) is 8. The summed E-state index contributed by atoms with van der Waals surface area (Å²) in [4.78, 5) is 147. The predicted octanol–water partition coefficient (Wildman–Crippen LogP) is 9.23. The van der Waals surface area contributed by atoms with E-state index in [0.29, 0.717) is 84.9 Å². The Hall–Kier alpha value is -8.35. The summed E-state index contributed by atoms with van der Waals surface area (Å²) in [5, 5.41) is 38.6. The highest BCUT2D eigenvalue weighted by molar-refractivity contribution is 8.76. The highest BCUT2D eigenvalue weighted by atomic mass is 33.1. The average molecular weight is 1400 g/mol. The lowest BCUT2D eigenvalue weighted by molar-refractivity contribution is -0.154. The number of aryl methyl sites for hydroxylation is 1. The van der Waals surface area contributed by atoms with Crippen LogP contribution in [-0.2, 0) is 24.9 Å². The van der Waals surface area contributed by atoms with Crippen LogP contribution in [0.1, 0.15) is 144 Å². The van der Waals surface area contributed by atoms with Crippen molar-refractivity contribution in [2.45, 2.75) is 95.0 Å². The van der Waals surface area contributed by atoms with Crippen LogP contribution in [0.4, 0.5) is 0 Å². The molecule has 0 fully saturated rings. The van der Waals surface area contributed by atoms with Crippen molar-refractivity contribution in [1.82, 2.24) is 86.7 Å².